The Morgan fingerprint density at radius 2 is 2.15 bits per heavy atom. The standard InChI is InChI=1S/C19H16ClFN6/c20-17-16(12-9-24-14-4-2-1-3-11(12)14)26-18(19-23-7-8-27(17)19)25-15-10-22-6-5-13(15)21/h1-4,7-9,22,24H,5-6,10H2,(H,25,26). The highest BCUT2D eigenvalue weighted by Crippen LogP contribution is 2.34. The molecule has 0 unspecified atom stereocenters. The second-order valence-electron chi connectivity index (χ2n) is 6.40. The van der Waals surface area contributed by atoms with E-state index in [1.807, 2.05) is 30.5 Å². The number of para-hydroxylation sites is 1. The summed E-state index contributed by atoms with van der Waals surface area (Å²) in [6.45, 7) is 1.05. The summed E-state index contributed by atoms with van der Waals surface area (Å²) in [7, 11) is 0. The summed E-state index contributed by atoms with van der Waals surface area (Å²) < 4.78 is 16.0. The Bertz CT molecular complexity index is 1190. The first-order valence-electron chi connectivity index (χ1n) is 8.66. The van der Waals surface area contributed by atoms with Gasteiger partial charge in [-0.15, -0.1) is 0 Å². The van der Waals surface area contributed by atoms with Gasteiger partial charge in [0.2, 0.25) is 0 Å². The topological polar surface area (TPSA) is 70.0 Å². The van der Waals surface area contributed by atoms with Crippen LogP contribution >= 0.6 is 11.6 Å². The maximum absolute atomic E-state index is 14.2. The second-order valence-corrected chi connectivity index (χ2v) is 6.76. The first kappa shape index (κ1) is 16.3. The number of hydrogen-bond acceptors (Lipinski definition) is 4. The molecule has 0 spiro atoms. The predicted molar refractivity (Wildman–Crippen MR) is 105 cm³/mol. The quantitative estimate of drug-likeness (QED) is 0.498. The van der Waals surface area contributed by atoms with E-state index in [1.54, 1.807) is 16.8 Å². The van der Waals surface area contributed by atoms with E-state index in [1.165, 1.54) is 0 Å². The Balaban J connectivity index is 1.71. The van der Waals surface area contributed by atoms with Gasteiger partial charge in [-0.3, -0.25) is 4.40 Å². The number of anilines is 1. The molecule has 0 bridgehead atoms. The highest BCUT2D eigenvalue weighted by Gasteiger charge is 2.20. The molecule has 8 heteroatoms. The molecule has 0 saturated carbocycles. The monoisotopic (exact) mass is 382 g/mol. The van der Waals surface area contributed by atoms with Crippen molar-refractivity contribution in [1.82, 2.24) is 24.7 Å². The highest BCUT2D eigenvalue weighted by molar-refractivity contribution is 6.32. The molecular formula is C19H16ClFN6. The molecule has 0 amide bonds. The summed E-state index contributed by atoms with van der Waals surface area (Å²) >= 11 is 6.64. The molecular weight excluding hydrogens is 367 g/mol. The van der Waals surface area contributed by atoms with Crippen LogP contribution in [0, 0.1) is 0 Å². The van der Waals surface area contributed by atoms with Gasteiger partial charge < -0.3 is 15.6 Å². The minimum Gasteiger partial charge on any atom is -0.360 e. The van der Waals surface area contributed by atoms with E-state index in [4.69, 9.17) is 16.6 Å². The number of hydrogen-bond donors (Lipinski definition) is 3. The van der Waals surface area contributed by atoms with E-state index in [0.717, 1.165) is 16.5 Å². The first-order chi connectivity index (χ1) is 13.2. The molecule has 1 aliphatic heterocycles. The third-order valence-corrected chi connectivity index (χ3v) is 5.11. The summed E-state index contributed by atoms with van der Waals surface area (Å²) in [5.74, 6) is 0.308. The minimum atomic E-state index is -0.163. The van der Waals surface area contributed by atoms with Crippen molar-refractivity contribution in [3.05, 3.63) is 59.5 Å². The average Bonchev–Trinajstić information content (AvgIpc) is 3.33. The molecule has 4 aromatic rings. The van der Waals surface area contributed by atoms with Crippen molar-refractivity contribution in [3.63, 3.8) is 0 Å². The molecule has 1 aromatic carbocycles. The number of halogens is 2. The van der Waals surface area contributed by atoms with Crippen LogP contribution in [0.2, 0.25) is 5.15 Å². The SMILES string of the molecule is FC1=C(Nc2nc(-c3c[nH]c4ccccc34)c(Cl)n3ccnc23)CNCC1. The molecule has 0 radical (unpaired) electrons. The van der Waals surface area contributed by atoms with E-state index in [0.29, 0.717) is 47.5 Å². The number of fused-ring (bicyclic) bond motifs is 2. The van der Waals surface area contributed by atoms with Crippen molar-refractivity contribution in [1.29, 1.82) is 0 Å². The van der Waals surface area contributed by atoms with Crippen LogP contribution in [0.5, 0.6) is 0 Å². The number of rotatable bonds is 3. The normalized spacial score (nSPS) is 15.0. The fourth-order valence-corrected chi connectivity index (χ4v) is 3.68. The van der Waals surface area contributed by atoms with E-state index in [2.05, 4.69) is 20.6 Å². The lowest BCUT2D eigenvalue weighted by Gasteiger charge is -2.18. The number of benzene rings is 1. The van der Waals surface area contributed by atoms with E-state index in [-0.39, 0.29) is 5.83 Å². The van der Waals surface area contributed by atoms with Crippen LogP contribution in [-0.2, 0) is 0 Å². The number of nitrogens with one attached hydrogen (secondary N) is 3. The van der Waals surface area contributed by atoms with Gasteiger partial charge in [-0.25, -0.2) is 14.4 Å². The van der Waals surface area contributed by atoms with E-state index >= 15 is 0 Å². The lowest BCUT2D eigenvalue weighted by atomic mass is 10.1. The molecule has 0 fully saturated rings. The second kappa shape index (κ2) is 6.37. The number of aromatic nitrogens is 4. The lowest BCUT2D eigenvalue weighted by molar-refractivity contribution is 0.525. The summed E-state index contributed by atoms with van der Waals surface area (Å²) in [6, 6.07) is 7.94. The maximum Gasteiger partial charge on any atom is 0.181 e. The molecule has 1 aliphatic rings. The van der Waals surface area contributed by atoms with Crippen LogP contribution in [0.4, 0.5) is 10.2 Å². The van der Waals surface area contributed by atoms with Gasteiger partial charge in [0, 0.05) is 54.6 Å². The Morgan fingerprint density at radius 1 is 1.26 bits per heavy atom. The number of aromatic amines is 1. The Labute approximate surface area is 159 Å². The first-order valence-corrected chi connectivity index (χ1v) is 9.04. The zero-order valence-corrected chi connectivity index (χ0v) is 15.0. The van der Waals surface area contributed by atoms with Crippen molar-refractivity contribution in [2.45, 2.75) is 6.42 Å². The zero-order valence-electron chi connectivity index (χ0n) is 14.3. The fraction of sp³-hybridized carbons (Fsp3) is 0.158. The molecule has 136 valence electrons. The summed E-state index contributed by atoms with van der Waals surface area (Å²) in [5, 5.41) is 7.74. The number of nitrogens with zero attached hydrogens (tertiary/aromatic N) is 3. The molecule has 0 saturated heterocycles. The largest absolute Gasteiger partial charge is 0.360 e. The van der Waals surface area contributed by atoms with Gasteiger partial charge in [0.25, 0.3) is 0 Å². The van der Waals surface area contributed by atoms with Crippen LogP contribution in [0.25, 0.3) is 27.8 Å². The van der Waals surface area contributed by atoms with Crippen molar-refractivity contribution in [3.8, 4) is 11.3 Å². The van der Waals surface area contributed by atoms with Gasteiger partial charge >= 0.3 is 0 Å². The van der Waals surface area contributed by atoms with Crippen LogP contribution in [0.15, 0.2) is 54.4 Å². The summed E-state index contributed by atoms with van der Waals surface area (Å²) in [4.78, 5) is 12.3. The van der Waals surface area contributed by atoms with Crippen molar-refractivity contribution < 1.29 is 4.39 Å². The molecule has 5 rings (SSSR count). The van der Waals surface area contributed by atoms with Crippen LogP contribution < -0.4 is 10.6 Å². The van der Waals surface area contributed by atoms with Gasteiger partial charge in [0.05, 0.1) is 5.70 Å². The predicted octanol–water partition coefficient (Wildman–Crippen LogP) is 4.12. The Kier molecular flexibility index (Phi) is 3.84. The van der Waals surface area contributed by atoms with E-state index in [9.17, 15) is 4.39 Å². The maximum atomic E-state index is 14.2. The average molecular weight is 383 g/mol. The zero-order chi connectivity index (χ0) is 18.4. The minimum absolute atomic E-state index is 0.163. The summed E-state index contributed by atoms with van der Waals surface area (Å²) in [5.41, 5.74) is 3.51. The van der Waals surface area contributed by atoms with Gasteiger partial charge in [-0.05, 0) is 6.07 Å². The Morgan fingerprint density at radius 3 is 3.04 bits per heavy atom. The molecule has 27 heavy (non-hydrogen) atoms. The van der Waals surface area contributed by atoms with Crippen molar-refractivity contribution in [2.24, 2.45) is 0 Å². The smallest absolute Gasteiger partial charge is 0.181 e. The van der Waals surface area contributed by atoms with Crippen molar-refractivity contribution >= 4 is 34.0 Å². The number of imidazole rings is 1. The molecule has 4 heterocycles. The van der Waals surface area contributed by atoms with Gasteiger partial charge in [-0.1, -0.05) is 29.8 Å². The van der Waals surface area contributed by atoms with Crippen LogP contribution in [0.1, 0.15) is 6.42 Å². The molecule has 6 nitrogen and oxygen atoms in total. The third-order valence-electron chi connectivity index (χ3n) is 4.75. The number of H-pyrrole nitrogens is 1. The molecule has 0 atom stereocenters. The van der Waals surface area contributed by atoms with Crippen molar-refractivity contribution in [2.75, 3.05) is 18.4 Å². The van der Waals surface area contributed by atoms with Crippen LogP contribution in [0.3, 0.4) is 0 Å². The fourth-order valence-electron chi connectivity index (χ4n) is 3.39. The highest BCUT2D eigenvalue weighted by atomic mass is 35.5. The molecule has 3 N–H and O–H groups in total. The van der Waals surface area contributed by atoms with Gasteiger partial charge in [-0.2, -0.15) is 0 Å². The van der Waals surface area contributed by atoms with Gasteiger partial charge in [0.1, 0.15) is 16.7 Å². The third kappa shape index (κ3) is 2.67. The Hall–Kier alpha value is -2.90. The molecule has 3 aromatic heterocycles. The van der Waals surface area contributed by atoms with E-state index < -0.39 is 0 Å². The van der Waals surface area contributed by atoms with Crippen LogP contribution in [-0.4, -0.2) is 32.4 Å². The summed E-state index contributed by atoms with van der Waals surface area (Å²) in [6.07, 6.45) is 5.66. The lowest BCUT2D eigenvalue weighted by Crippen LogP contribution is -2.27. The molecule has 0 aliphatic carbocycles. The van der Waals surface area contributed by atoms with Gasteiger partial charge in [0.15, 0.2) is 11.5 Å².